The van der Waals surface area contributed by atoms with Gasteiger partial charge in [-0.05, 0) is 48.2 Å². The molecule has 0 unspecified atom stereocenters. The Balaban J connectivity index is 1.65. The molecular formula is C22H15F3N4O. The number of halogens is 3. The Labute approximate surface area is 170 Å². The lowest BCUT2D eigenvalue weighted by Crippen LogP contribution is -2.18. The number of aryl methyl sites for hydroxylation is 1. The predicted octanol–water partition coefficient (Wildman–Crippen LogP) is 4.52. The van der Waals surface area contributed by atoms with E-state index in [2.05, 4.69) is 32.4 Å². The second-order valence-electron chi connectivity index (χ2n) is 6.61. The molecule has 0 radical (unpaired) electrons. The van der Waals surface area contributed by atoms with Crippen LogP contribution in [0.25, 0.3) is 0 Å². The van der Waals surface area contributed by atoms with Crippen molar-refractivity contribution in [2.24, 2.45) is 0 Å². The fraction of sp³-hybridized carbons (Fsp3) is 0.136. The van der Waals surface area contributed by atoms with E-state index in [1.165, 1.54) is 0 Å². The van der Waals surface area contributed by atoms with Gasteiger partial charge in [-0.2, -0.15) is 13.2 Å². The van der Waals surface area contributed by atoms with Gasteiger partial charge in [-0.25, -0.2) is 9.97 Å². The lowest BCUT2D eigenvalue weighted by atomic mass is 10.0. The zero-order valence-electron chi connectivity index (χ0n) is 15.5. The molecule has 0 saturated carbocycles. The van der Waals surface area contributed by atoms with Crippen molar-refractivity contribution in [3.8, 4) is 11.8 Å². The van der Waals surface area contributed by atoms with Crippen LogP contribution in [0.15, 0.2) is 54.7 Å². The summed E-state index contributed by atoms with van der Waals surface area (Å²) < 4.78 is 40.1. The molecule has 3 aromatic rings. The molecule has 2 N–H and O–H groups in total. The fourth-order valence-corrected chi connectivity index (χ4v) is 2.99. The molecule has 0 fully saturated rings. The number of carbonyl (C=O) groups is 1. The minimum atomic E-state index is -4.62. The number of nitrogens with zero attached hydrogens (tertiary/aromatic N) is 2. The molecule has 150 valence electrons. The van der Waals surface area contributed by atoms with Gasteiger partial charge < -0.3 is 10.6 Å². The zero-order valence-corrected chi connectivity index (χ0v) is 15.5. The van der Waals surface area contributed by atoms with Gasteiger partial charge in [-0.3, -0.25) is 4.79 Å². The van der Waals surface area contributed by atoms with Crippen LogP contribution in [0, 0.1) is 11.8 Å². The Hall–Kier alpha value is -3.86. The number of hydrogen-bond acceptors (Lipinski definition) is 4. The third-order valence-electron chi connectivity index (χ3n) is 4.45. The lowest BCUT2D eigenvalue weighted by molar-refractivity contribution is -0.138. The van der Waals surface area contributed by atoms with E-state index in [1.54, 1.807) is 42.5 Å². The first-order valence-corrected chi connectivity index (χ1v) is 9.09. The molecule has 0 aliphatic carbocycles. The van der Waals surface area contributed by atoms with Crippen LogP contribution < -0.4 is 10.6 Å². The average Bonchev–Trinajstić information content (AvgIpc) is 2.72. The molecule has 8 heteroatoms. The Morgan fingerprint density at radius 2 is 1.83 bits per heavy atom. The summed E-state index contributed by atoms with van der Waals surface area (Å²) in [7, 11) is 0. The summed E-state index contributed by atoms with van der Waals surface area (Å²) >= 11 is 0. The normalized spacial score (nSPS) is 13.0. The van der Waals surface area contributed by atoms with Crippen molar-refractivity contribution in [3.05, 3.63) is 77.1 Å². The zero-order chi connectivity index (χ0) is 21.1. The van der Waals surface area contributed by atoms with Crippen LogP contribution in [0.4, 0.5) is 30.5 Å². The molecule has 2 aromatic carbocycles. The van der Waals surface area contributed by atoms with Crippen LogP contribution in [0.5, 0.6) is 0 Å². The second-order valence-corrected chi connectivity index (χ2v) is 6.61. The number of rotatable bonds is 2. The number of amides is 1. The topological polar surface area (TPSA) is 66.9 Å². The van der Waals surface area contributed by atoms with Crippen LogP contribution in [0.3, 0.4) is 0 Å². The summed E-state index contributed by atoms with van der Waals surface area (Å²) in [5, 5.41) is 5.69. The first kappa shape index (κ1) is 19.5. The molecule has 4 rings (SSSR count). The summed E-state index contributed by atoms with van der Waals surface area (Å²) in [6, 6.07) is 13.9. The van der Waals surface area contributed by atoms with E-state index in [9.17, 15) is 18.0 Å². The SMILES string of the molecule is O=C1CCc2cc(Nc3ncc(C(F)(F)F)c(C#Cc4ccccc4)n3)ccc2N1. The maximum atomic E-state index is 13.4. The highest BCUT2D eigenvalue weighted by atomic mass is 19.4. The van der Waals surface area contributed by atoms with Crippen LogP contribution in [-0.2, 0) is 17.4 Å². The Kier molecular flexibility index (Phi) is 5.11. The summed E-state index contributed by atoms with van der Waals surface area (Å²) in [5.41, 5.74) is 1.43. The number of anilines is 3. The first-order chi connectivity index (χ1) is 14.4. The van der Waals surface area contributed by atoms with Gasteiger partial charge in [0.05, 0.1) is 0 Å². The number of nitrogens with one attached hydrogen (secondary N) is 2. The first-order valence-electron chi connectivity index (χ1n) is 9.09. The maximum absolute atomic E-state index is 13.4. The van der Waals surface area contributed by atoms with Crippen molar-refractivity contribution in [2.75, 3.05) is 10.6 Å². The van der Waals surface area contributed by atoms with Gasteiger partial charge in [0, 0.05) is 29.6 Å². The van der Waals surface area contributed by atoms with Crippen molar-refractivity contribution in [3.63, 3.8) is 0 Å². The van der Waals surface area contributed by atoms with Crippen LogP contribution in [-0.4, -0.2) is 15.9 Å². The number of hydrogen-bond donors (Lipinski definition) is 2. The van der Waals surface area contributed by atoms with Crippen LogP contribution >= 0.6 is 0 Å². The smallest absolute Gasteiger partial charge is 0.326 e. The highest BCUT2D eigenvalue weighted by Crippen LogP contribution is 2.32. The van der Waals surface area contributed by atoms with E-state index in [0.29, 0.717) is 24.1 Å². The minimum absolute atomic E-state index is 0.000145. The van der Waals surface area contributed by atoms with Gasteiger partial charge in [0.1, 0.15) is 11.3 Å². The van der Waals surface area contributed by atoms with Crippen molar-refractivity contribution in [2.45, 2.75) is 19.0 Å². The molecule has 2 heterocycles. The number of aromatic nitrogens is 2. The highest BCUT2D eigenvalue weighted by molar-refractivity contribution is 5.94. The molecular weight excluding hydrogens is 393 g/mol. The highest BCUT2D eigenvalue weighted by Gasteiger charge is 2.34. The van der Waals surface area contributed by atoms with Crippen molar-refractivity contribution < 1.29 is 18.0 Å². The molecule has 0 bridgehead atoms. The van der Waals surface area contributed by atoms with Crippen LogP contribution in [0.2, 0.25) is 0 Å². The number of carbonyl (C=O) groups excluding carboxylic acids is 1. The molecule has 0 spiro atoms. The molecule has 5 nitrogen and oxygen atoms in total. The standard InChI is InChI=1S/C22H15F3N4O/c23-22(24,25)17-13-26-21(29-19(17)9-6-14-4-2-1-3-5-14)27-16-8-10-18-15(12-16)7-11-20(30)28-18/h1-5,8,10,12-13H,7,11H2,(H,28,30)(H,26,27,29). The average molecular weight is 408 g/mol. The minimum Gasteiger partial charge on any atom is -0.326 e. The molecule has 0 saturated heterocycles. The largest absolute Gasteiger partial charge is 0.420 e. The van der Waals surface area contributed by atoms with Gasteiger partial charge in [0.15, 0.2) is 0 Å². The molecule has 1 aliphatic rings. The summed E-state index contributed by atoms with van der Waals surface area (Å²) in [5.74, 6) is 5.16. The fourth-order valence-electron chi connectivity index (χ4n) is 2.99. The van der Waals surface area contributed by atoms with Crippen molar-refractivity contribution >= 4 is 23.2 Å². The molecule has 1 amide bonds. The van der Waals surface area contributed by atoms with E-state index in [4.69, 9.17) is 0 Å². The van der Waals surface area contributed by atoms with Gasteiger partial charge in [-0.15, -0.1) is 0 Å². The second kappa shape index (κ2) is 7.87. The molecule has 0 atom stereocenters. The van der Waals surface area contributed by atoms with E-state index in [-0.39, 0.29) is 11.9 Å². The van der Waals surface area contributed by atoms with Gasteiger partial charge in [0.25, 0.3) is 0 Å². The summed E-state index contributed by atoms with van der Waals surface area (Å²) in [6.45, 7) is 0. The van der Waals surface area contributed by atoms with E-state index >= 15 is 0 Å². The number of fused-ring (bicyclic) bond motifs is 1. The third-order valence-corrected chi connectivity index (χ3v) is 4.45. The van der Waals surface area contributed by atoms with E-state index in [1.807, 2.05) is 6.07 Å². The summed E-state index contributed by atoms with van der Waals surface area (Å²) in [4.78, 5) is 19.3. The van der Waals surface area contributed by atoms with Crippen molar-refractivity contribution in [1.82, 2.24) is 9.97 Å². The van der Waals surface area contributed by atoms with E-state index in [0.717, 1.165) is 17.4 Å². The number of alkyl halides is 3. The molecule has 1 aromatic heterocycles. The van der Waals surface area contributed by atoms with Gasteiger partial charge in [-0.1, -0.05) is 24.1 Å². The molecule has 30 heavy (non-hydrogen) atoms. The Morgan fingerprint density at radius 1 is 1.03 bits per heavy atom. The Morgan fingerprint density at radius 3 is 2.60 bits per heavy atom. The number of benzene rings is 2. The molecule has 1 aliphatic heterocycles. The monoisotopic (exact) mass is 408 g/mol. The quantitative estimate of drug-likeness (QED) is 0.612. The Bertz CT molecular complexity index is 1160. The van der Waals surface area contributed by atoms with Crippen molar-refractivity contribution in [1.29, 1.82) is 0 Å². The van der Waals surface area contributed by atoms with Gasteiger partial charge >= 0.3 is 6.18 Å². The van der Waals surface area contributed by atoms with Gasteiger partial charge in [0.2, 0.25) is 11.9 Å². The van der Waals surface area contributed by atoms with E-state index < -0.39 is 17.4 Å². The third kappa shape index (κ3) is 4.41. The maximum Gasteiger partial charge on any atom is 0.420 e. The predicted molar refractivity (Wildman–Crippen MR) is 106 cm³/mol. The lowest BCUT2D eigenvalue weighted by Gasteiger charge is -2.18. The summed E-state index contributed by atoms with van der Waals surface area (Å²) in [6.07, 6.45) is -2.93. The van der Waals surface area contributed by atoms with Crippen LogP contribution in [0.1, 0.15) is 28.8 Å².